The van der Waals surface area contributed by atoms with E-state index in [4.69, 9.17) is 5.11 Å². The zero-order chi connectivity index (χ0) is 9.56. The van der Waals surface area contributed by atoms with Gasteiger partial charge in [0, 0.05) is 0 Å². The summed E-state index contributed by atoms with van der Waals surface area (Å²) in [5.74, 6) is -2.24. The van der Waals surface area contributed by atoms with Crippen LogP contribution in [0.3, 0.4) is 0 Å². The molecule has 0 aromatic carbocycles. The van der Waals surface area contributed by atoms with Crippen molar-refractivity contribution >= 4 is 18.1 Å². The molecule has 0 radical (unpaired) electrons. The second kappa shape index (κ2) is 15.4. The van der Waals surface area contributed by atoms with E-state index in [0.717, 1.165) is 7.11 Å². The first-order valence-electron chi connectivity index (χ1n) is 2.73. The molecule has 15 heavy (non-hydrogen) atoms. The topological polar surface area (TPSA) is 99.1 Å². The van der Waals surface area contributed by atoms with Gasteiger partial charge in [-0.1, -0.05) is 0 Å². The fourth-order valence-corrected chi connectivity index (χ4v) is 0.374. The molecule has 68 valence electrons. The Balaban J connectivity index is -0.000000202. The van der Waals surface area contributed by atoms with Gasteiger partial charge in [0.2, 0.25) is 0 Å². The zero-order valence-corrected chi connectivity index (χ0v) is 15.1. The van der Waals surface area contributed by atoms with E-state index in [2.05, 4.69) is 14.5 Å². The first-order chi connectivity index (χ1) is 5.56. The molecule has 10 heteroatoms. The Morgan fingerprint density at radius 1 is 1.07 bits per heavy atom. The van der Waals surface area contributed by atoms with Gasteiger partial charge in [-0.15, -0.1) is 0 Å². The molecule has 0 amide bonds. The van der Waals surface area contributed by atoms with Crippen LogP contribution in [0.5, 0.6) is 0 Å². The molecule has 0 aromatic rings. The van der Waals surface area contributed by atoms with Gasteiger partial charge in [0.15, 0.2) is 0 Å². The average molecular weight is 247 g/mol. The van der Waals surface area contributed by atoms with Gasteiger partial charge in [-0.2, -0.15) is 4.89 Å². The fourth-order valence-electron chi connectivity index (χ4n) is 0.374. The second-order valence-corrected chi connectivity index (χ2v) is 1.54. The van der Waals surface area contributed by atoms with Gasteiger partial charge in [-0.3, -0.25) is 9.68 Å². The molecule has 7 nitrogen and oxygen atoms in total. The number of hydrogen-bond donors (Lipinski definition) is 1. The number of carboxylic acid groups (broad SMARTS) is 1. The van der Waals surface area contributed by atoms with Crippen LogP contribution in [-0.2, 0) is 24.1 Å². The normalized spacial score (nSPS) is 7.00. The van der Waals surface area contributed by atoms with Crippen molar-refractivity contribution in [3.05, 3.63) is 0 Å². The summed E-state index contributed by atoms with van der Waals surface area (Å²) in [7, 11) is 1.07. The molecule has 0 atom stereocenters. The van der Waals surface area contributed by atoms with Gasteiger partial charge in [-0.05, 0) is 0 Å². The standard InChI is InChI=1S/C5H6O7.3Na/c1-10-12-4(7)2-3(6)11-5(8)9;;;/h2H2,1H3,(H,8,9);;;/q;3*+1. The molecule has 0 unspecified atom stereocenters. The van der Waals surface area contributed by atoms with E-state index in [9.17, 15) is 14.4 Å². The van der Waals surface area contributed by atoms with E-state index in [-0.39, 0.29) is 88.7 Å². The third-order valence-electron chi connectivity index (χ3n) is 0.666. The maximum Gasteiger partial charge on any atom is 1.00 e. The van der Waals surface area contributed by atoms with E-state index >= 15 is 0 Å². The Morgan fingerprint density at radius 3 is 1.87 bits per heavy atom. The summed E-state index contributed by atoms with van der Waals surface area (Å²) in [4.78, 5) is 38.3. The number of ether oxygens (including phenoxy) is 1. The van der Waals surface area contributed by atoms with Crippen LogP contribution in [0, 0.1) is 0 Å². The van der Waals surface area contributed by atoms with Crippen molar-refractivity contribution < 1.29 is 123 Å². The maximum absolute atomic E-state index is 10.4. The monoisotopic (exact) mass is 247 g/mol. The fraction of sp³-hybridized carbons (Fsp3) is 0.400. The molecular weight excluding hydrogens is 241 g/mol. The van der Waals surface area contributed by atoms with Crippen LogP contribution in [0.15, 0.2) is 0 Å². The van der Waals surface area contributed by atoms with Crippen molar-refractivity contribution in [2.75, 3.05) is 7.11 Å². The summed E-state index contributed by atoms with van der Waals surface area (Å²) in [5, 5.41) is 7.90. The van der Waals surface area contributed by atoms with E-state index < -0.39 is 24.5 Å². The van der Waals surface area contributed by atoms with Gasteiger partial charge in [0.05, 0.1) is 7.11 Å². The van der Waals surface area contributed by atoms with Crippen LogP contribution < -0.4 is 88.7 Å². The van der Waals surface area contributed by atoms with Crippen molar-refractivity contribution in [1.29, 1.82) is 0 Å². The molecule has 0 aliphatic heterocycles. The van der Waals surface area contributed by atoms with Gasteiger partial charge < -0.3 is 9.84 Å². The Labute approximate surface area is 152 Å². The van der Waals surface area contributed by atoms with Crippen LogP contribution in [-0.4, -0.2) is 30.3 Å². The van der Waals surface area contributed by atoms with E-state index in [1.165, 1.54) is 0 Å². The van der Waals surface area contributed by atoms with E-state index in [0.29, 0.717) is 0 Å². The third kappa shape index (κ3) is 18.0. The average Bonchev–Trinajstić information content (AvgIpc) is 1.84. The SMILES string of the molecule is COOC(=O)CC(=O)OC(=O)O.[Na+].[Na+].[Na+]. The molecule has 0 aliphatic rings. The molecule has 0 fully saturated rings. The van der Waals surface area contributed by atoms with Crippen LogP contribution in [0.4, 0.5) is 4.79 Å². The molecule has 0 saturated carbocycles. The molecule has 1 N–H and O–H groups in total. The minimum absolute atomic E-state index is 0. The van der Waals surface area contributed by atoms with Crippen molar-refractivity contribution in [1.82, 2.24) is 0 Å². The molecule has 0 aliphatic carbocycles. The third-order valence-corrected chi connectivity index (χ3v) is 0.666. The van der Waals surface area contributed by atoms with Gasteiger partial charge in [0.1, 0.15) is 6.42 Å². The Morgan fingerprint density at radius 2 is 1.53 bits per heavy atom. The smallest absolute Gasteiger partial charge is 0.449 e. The van der Waals surface area contributed by atoms with Crippen molar-refractivity contribution in [2.24, 2.45) is 0 Å². The van der Waals surface area contributed by atoms with Gasteiger partial charge in [0.25, 0.3) is 0 Å². The minimum Gasteiger partial charge on any atom is -0.449 e. The molecule has 0 saturated heterocycles. The first kappa shape index (κ1) is 25.3. The van der Waals surface area contributed by atoms with Crippen LogP contribution in [0.25, 0.3) is 0 Å². The van der Waals surface area contributed by atoms with Crippen molar-refractivity contribution in [2.45, 2.75) is 6.42 Å². The number of esters is 1. The first-order valence-corrected chi connectivity index (χ1v) is 2.73. The summed E-state index contributed by atoms with van der Waals surface area (Å²) < 4.78 is 3.59. The van der Waals surface area contributed by atoms with Crippen LogP contribution in [0.2, 0.25) is 0 Å². The predicted octanol–water partition coefficient (Wildman–Crippen LogP) is -9.29. The summed E-state index contributed by atoms with van der Waals surface area (Å²) >= 11 is 0. The van der Waals surface area contributed by atoms with Gasteiger partial charge in [-0.25, -0.2) is 9.59 Å². The Bertz CT molecular complexity index is 207. The van der Waals surface area contributed by atoms with Crippen LogP contribution in [0.1, 0.15) is 6.42 Å². The summed E-state index contributed by atoms with van der Waals surface area (Å²) in [6.07, 6.45) is -2.58. The summed E-state index contributed by atoms with van der Waals surface area (Å²) in [6.45, 7) is 0. The quantitative estimate of drug-likeness (QED) is 0.174. The number of carbonyl (C=O) groups excluding carboxylic acids is 2. The molecule has 0 spiro atoms. The van der Waals surface area contributed by atoms with E-state index in [1.54, 1.807) is 0 Å². The largest absolute Gasteiger partial charge is 1.00 e. The van der Waals surface area contributed by atoms with Crippen LogP contribution >= 0.6 is 0 Å². The zero-order valence-electron chi connectivity index (χ0n) is 9.10. The summed E-state index contributed by atoms with van der Waals surface area (Å²) in [6, 6.07) is 0. The number of carbonyl (C=O) groups is 3. The molecule has 0 aromatic heterocycles. The predicted molar refractivity (Wildman–Crippen MR) is 31.8 cm³/mol. The Kier molecular flexibility index (Phi) is 25.9. The van der Waals surface area contributed by atoms with E-state index in [1.807, 2.05) is 0 Å². The van der Waals surface area contributed by atoms with Crippen molar-refractivity contribution in [3.63, 3.8) is 0 Å². The maximum atomic E-state index is 10.4. The van der Waals surface area contributed by atoms with Gasteiger partial charge >= 0.3 is 107 Å². The second-order valence-electron chi connectivity index (χ2n) is 1.54. The number of hydrogen-bond acceptors (Lipinski definition) is 6. The minimum atomic E-state index is -1.77. The Hall–Kier alpha value is 1.37. The van der Waals surface area contributed by atoms with Crippen molar-refractivity contribution in [3.8, 4) is 0 Å². The molecule has 0 rings (SSSR count). The summed E-state index contributed by atoms with van der Waals surface area (Å²) in [5.41, 5.74) is 0. The number of rotatable bonds is 3. The molecule has 0 heterocycles. The molecular formula is C5H6Na3O7+3. The molecule has 0 bridgehead atoms.